The lowest BCUT2D eigenvalue weighted by molar-refractivity contribution is -0.308. The number of aromatic amines is 2. The Balaban J connectivity index is 1.34. The smallest absolute Gasteiger partial charge is 0.331 e. The third-order valence-electron chi connectivity index (χ3n) is 12.5. The topological polar surface area (TPSA) is 378 Å². The maximum atomic E-state index is 14.6. The van der Waals surface area contributed by atoms with Crippen LogP contribution in [0.1, 0.15) is 75.1 Å². The Morgan fingerprint density at radius 3 is 2.10 bits per heavy atom. The molecule has 0 spiro atoms. The fourth-order valence-electron chi connectivity index (χ4n) is 8.55. The summed E-state index contributed by atoms with van der Waals surface area (Å²) in [5.74, 6) is -5.83. The highest BCUT2D eigenvalue weighted by Gasteiger charge is 2.44. The summed E-state index contributed by atoms with van der Waals surface area (Å²) in [5.41, 5.74) is 17.2. The first-order valence-electron chi connectivity index (χ1n) is 24.0. The monoisotopic (exact) mass is 995 g/mol. The Bertz CT molecular complexity index is 2600. The third-order valence-corrected chi connectivity index (χ3v) is 12.5. The zero-order valence-electron chi connectivity index (χ0n) is 40.0. The van der Waals surface area contributed by atoms with E-state index in [9.17, 15) is 43.2 Å². The van der Waals surface area contributed by atoms with E-state index in [-0.39, 0.29) is 76.3 Å². The molecule has 2 saturated heterocycles. The number of aliphatic imine (C=N–C) groups is 1. The fourth-order valence-corrected chi connectivity index (χ4v) is 8.55. The van der Waals surface area contributed by atoms with Crippen molar-refractivity contribution in [3.05, 3.63) is 90.1 Å². The quantitative estimate of drug-likeness (QED) is 0.0334. The maximum absolute atomic E-state index is 14.6. The number of H-pyrrole nitrogens is 2. The van der Waals surface area contributed by atoms with Gasteiger partial charge in [0.1, 0.15) is 42.3 Å². The number of carbonyl (C=O) groups is 9. The number of hydrogen-bond acceptors (Lipinski definition) is 11. The third kappa shape index (κ3) is 14.9. The number of rotatable bonds is 11. The summed E-state index contributed by atoms with van der Waals surface area (Å²) in [7, 11) is 0. The number of para-hydroxylation sites is 1. The molecule has 16 N–H and O–H groups in total. The van der Waals surface area contributed by atoms with E-state index in [4.69, 9.17) is 11.5 Å². The van der Waals surface area contributed by atoms with Crippen molar-refractivity contribution in [3.8, 4) is 0 Å². The van der Waals surface area contributed by atoms with Crippen LogP contribution in [0.4, 0.5) is 4.79 Å². The number of carbonyl (C=O) groups excluding carboxylic acids is 9. The van der Waals surface area contributed by atoms with Gasteiger partial charge in [-0.15, -0.1) is 0 Å². The molecule has 4 aromatic rings. The molecule has 2 aromatic carbocycles. The van der Waals surface area contributed by atoms with E-state index in [1.54, 1.807) is 36.5 Å². The van der Waals surface area contributed by atoms with Gasteiger partial charge in [0.25, 0.3) is 5.91 Å². The Morgan fingerprint density at radius 1 is 0.736 bits per heavy atom. The number of guanidine groups is 1. The number of nitrogens with one attached hydrogen (secondary N) is 9. The van der Waals surface area contributed by atoms with E-state index in [2.05, 4.69) is 62.9 Å². The fraction of sp³-hybridized carbons (Fsp3) is 0.438. The SMILES string of the molecule is CC1C(=O)NC(Cc2cnc[nH]2)C(=O)NC(Cc2ccccc2)C(=O)NC(CCCN=C(N)N)C(=O)NC(Cc2c[nH]c3ccccc23)C(=O)NC(C([NH3+])=O)CCCCCNC(=O)CCC2NC(=O)N1C2=O. The minimum Gasteiger partial charge on any atom is -0.370 e. The second-order valence-corrected chi connectivity index (χ2v) is 17.9. The number of nitrogens with two attached hydrogens (primary N) is 2. The summed E-state index contributed by atoms with van der Waals surface area (Å²) in [6.45, 7) is 1.66. The molecule has 0 radical (unpaired) electrons. The standard InChI is InChI=1S/C48H63N15O9/c1-27-41(66)59-38(23-30-25-52-26-56-30)45(70)60-36(21-28-11-4-2-5-12-28)43(68)58-34(16-10-20-54-47(50)51)42(67)61-37(22-29-24-55-32-14-8-7-13-31(29)32)44(69)57-33(40(49)65)15-6-3-9-19-53-39(64)18-17-35-46(71)63(27)48(72)62-35/h2,4-5,7-8,11-14,24-27,33-38,55H,3,6,9-10,15-23H2,1H3,(H2,49,65)(H,52,56)(H,53,64)(H,57,69)(H,58,68)(H,59,66)(H,60,70)(H,61,67)(H,62,72)(H4,50,51,54)/p+1. The predicted octanol–water partition coefficient (Wildman–Crippen LogP) is -2.06. The number of urea groups is 1. The van der Waals surface area contributed by atoms with Crippen LogP contribution in [0.2, 0.25) is 0 Å². The molecule has 7 unspecified atom stereocenters. The molecule has 2 aromatic heterocycles. The molecule has 2 aliphatic rings. The van der Waals surface area contributed by atoms with E-state index in [1.165, 1.54) is 19.4 Å². The van der Waals surface area contributed by atoms with Crippen LogP contribution in [0.3, 0.4) is 0 Å². The molecule has 72 heavy (non-hydrogen) atoms. The predicted molar refractivity (Wildman–Crippen MR) is 261 cm³/mol. The molecule has 7 atom stereocenters. The summed E-state index contributed by atoms with van der Waals surface area (Å²) in [5, 5.41) is 19.9. The maximum Gasteiger partial charge on any atom is 0.331 e. The van der Waals surface area contributed by atoms with E-state index in [0.717, 1.165) is 15.8 Å². The minimum atomic E-state index is -1.41. The lowest BCUT2D eigenvalue weighted by Gasteiger charge is -2.28. The number of nitrogens with zero attached hydrogens (tertiary/aromatic N) is 3. The average Bonchev–Trinajstić information content (AvgIpc) is 4.10. The number of fused-ring (bicyclic) bond motifs is 3. The first-order valence-corrected chi connectivity index (χ1v) is 24.0. The van der Waals surface area contributed by atoms with Crippen LogP contribution in [-0.2, 0) is 57.6 Å². The normalized spacial score (nSPS) is 23.8. The van der Waals surface area contributed by atoms with E-state index < -0.39 is 89.7 Å². The van der Waals surface area contributed by atoms with Gasteiger partial charge in [0.05, 0.1) is 6.33 Å². The Morgan fingerprint density at radius 2 is 1.39 bits per heavy atom. The van der Waals surface area contributed by atoms with Gasteiger partial charge >= 0.3 is 11.9 Å². The molecule has 384 valence electrons. The summed E-state index contributed by atoms with van der Waals surface area (Å²) in [4.78, 5) is 139. The Kier molecular flexibility index (Phi) is 18.9. The van der Waals surface area contributed by atoms with Gasteiger partial charge in [-0.05, 0) is 56.2 Å². The average molecular weight is 995 g/mol. The summed E-state index contributed by atoms with van der Waals surface area (Å²) in [6, 6.07) is 6.31. The highest BCUT2D eigenvalue weighted by Crippen LogP contribution is 2.20. The van der Waals surface area contributed by atoms with Crippen molar-refractivity contribution in [1.82, 2.24) is 57.1 Å². The van der Waals surface area contributed by atoms with Gasteiger partial charge in [0.2, 0.25) is 35.4 Å². The van der Waals surface area contributed by atoms with Crippen molar-refractivity contribution in [3.63, 3.8) is 0 Å². The summed E-state index contributed by atoms with van der Waals surface area (Å²) in [6.07, 6.45) is 5.94. The number of quaternary nitrogens is 1. The van der Waals surface area contributed by atoms with Gasteiger partial charge in [-0.1, -0.05) is 61.4 Å². The second kappa shape index (κ2) is 25.6. The Hall–Kier alpha value is -8.15. The van der Waals surface area contributed by atoms with Gasteiger partial charge < -0.3 is 58.7 Å². The molecular formula is C48H64N15O9+. The minimum absolute atomic E-state index is 0.0281. The number of hydrogen-bond donors (Lipinski definition) is 12. The first kappa shape index (κ1) is 53.2. The van der Waals surface area contributed by atoms with Gasteiger partial charge in [0.15, 0.2) is 5.96 Å². The van der Waals surface area contributed by atoms with Crippen molar-refractivity contribution < 1.29 is 48.9 Å². The molecule has 0 saturated carbocycles. The van der Waals surface area contributed by atoms with Crippen molar-refractivity contribution >= 4 is 70.2 Å². The molecule has 24 heteroatoms. The van der Waals surface area contributed by atoms with E-state index in [0.29, 0.717) is 36.1 Å². The van der Waals surface area contributed by atoms with Crippen LogP contribution < -0.4 is 54.4 Å². The van der Waals surface area contributed by atoms with Crippen LogP contribution in [0.15, 0.2) is 78.3 Å². The number of amides is 10. The lowest BCUT2D eigenvalue weighted by atomic mass is 10.0. The molecule has 2 fully saturated rings. The molecule has 6 rings (SSSR count). The molecule has 0 aliphatic carbocycles. The van der Waals surface area contributed by atoms with Crippen LogP contribution in [0.5, 0.6) is 0 Å². The molecule has 10 amide bonds. The van der Waals surface area contributed by atoms with E-state index >= 15 is 0 Å². The molecule has 24 nitrogen and oxygen atoms in total. The number of aromatic nitrogens is 3. The van der Waals surface area contributed by atoms with E-state index in [1.807, 2.05) is 24.3 Å². The van der Waals surface area contributed by atoms with Crippen molar-refractivity contribution in [1.29, 1.82) is 0 Å². The van der Waals surface area contributed by atoms with Gasteiger partial charge in [0, 0.05) is 67.8 Å². The number of imide groups is 1. The highest BCUT2D eigenvalue weighted by atomic mass is 16.2. The zero-order chi connectivity index (χ0) is 51.7. The first-order chi connectivity index (χ1) is 34.6. The molecule has 2 aliphatic heterocycles. The largest absolute Gasteiger partial charge is 0.370 e. The second-order valence-electron chi connectivity index (χ2n) is 17.9. The van der Waals surface area contributed by atoms with Gasteiger partial charge in [-0.2, -0.15) is 0 Å². The van der Waals surface area contributed by atoms with Crippen LogP contribution >= 0.6 is 0 Å². The highest BCUT2D eigenvalue weighted by molar-refractivity contribution is 6.08. The van der Waals surface area contributed by atoms with Crippen LogP contribution in [-0.4, -0.2) is 134 Å². The summed E-state index contributed by atoms with van der Waals surface area (Å²) < 4.78 is 0. The van der Waals surface area contributed by atoms with Gasteiger partial charge in [-0.3, -0.25) is 49.2 Å². The zero-order valence-corrected chi connectivity index (χ0v) is 40.0. The van der Waals surface area contributed by atoms with Crippen molar-refractivity contribution in [2.75, 3.05) is 13.1 Å². The number of imidazole rings is 1. The van der Waals surface area contributed by atoms with Crippen molar-refractivity contribution in [2.24, 2.45) is 16.5 Å². The van der Waals surface area contributed by atoms with Crippen LogP contribution in [0, 0.1) is 0 Å². The lowest BCUT2D eigenvalue weighted by Crippen LogP contribution is -2.67. The molecule has 4 heterocycles. The van der Waals surface area contributed by atoms with Crippen LogP contribution in [0.25, 0.3) is 10.9 Å². The molecular weight excluding hydrogens is 931 g/mol. The Labute approximate surface area is 414 Å². The molecule has 2 bridgehead atoms. The van der Waals surface area contributed by atoms with Gasteiger partial charge in [-0.25, -0.2) is 14.6 Å². The number of benzene rings is 2. The van der Waals surface area contributed by atoms with Crippen molar-refractivity contribution in [2.45, 2.75) is 120 Å². The summed E-state index contributed by atoms with van der Waals surface area (Å²) >= 11 is 0.